The third kappa shape index (κ3) is 4.27. The van der Waals surface area contributed by atoms with Crippen LogP contribution in [-0.2, 0) is 6.54 Å². The molecule has 2 N–H and O–H groups in total. The number of rotatable bonds is 7. The number of unbranched alkanes of at least 4 members (excludes halogenated alkanes) is 1. The number of aromatic nitrogens is 4. The van der Waals surface area contributed by atoms with Gasteiger partial charge in [-0.05, 0) is 31.9 Å². The van der Waals surface area contributed by atoms with E-state index in [-0.39, 0.29) is 5.91 Å². The van der Waals surface area contributed by atoms with Crippen molar-refractivity contribution in [3.63, 3.8) is 0 Å². The maximum Gasteiger partial charge on any atom is 0.271 e. The average Bonchev–Trinajstić information content (AvgIpc) is 2.92. The van der Waals surface area contributed by atoms with Crippen molar-refractivity contribution in [1.82, 2.24) is 25.1 Å². The van der Waals surface area contributed by atoms with Crippen LogP contribution in [0.1, 0.15) is 29.2 Å². The van der Waals surface area contributed by atoms with Crippen LogP contribution in [0.4, 0.5) is 5.82 Å². The van der Waals surface area contributed by atoms with Crippen LogP contribution in [0, 0.1) is 6.92 Å². The van der Waals surface area contributed by atoms with Gasteiger partial charge in [-0.1, -0.05) is 0 Å². The molecule has 2 heterocycles. The summed E-state index contributed by atoms with van der Waals surface area (Å²) >= 11 is 0. The van der Waals surface area contributed by atoms with Gasteiger partial charge >= 0.3 is 0 Å². The summed E-state index contributed by atoms with van der Waals surface area (Å²) in [7, 11) is 1.57. The monoisotopic (exact) mass is 288 g/mol. The molecule has 7 nitrogen and oxygen atoms in total. The smallest absolute Gasteiger partial charge is 0.271 e. The van der Waals surface area contributed by atoms with Gasteiger partial charge in [0.1, 0.15) is 11.6 Å². The van der Waals surface area contributed by atoms with Crippen molar-refractivity contribution in [2.45, 2.75) is 26.3 Å². The van der Waals surface area contributed by atoms with Crippen LogP contribution in [0.25, 0.3) is 0 Å². The molecule has 0 radical (unpaired) electrons. The maximum absolute atomic E-state index is 11.3. The van der Waals surface area contributed by atoms with Crippen molar-refractivity contribution in [2.24, 2.45) is 0 Å². The van der Waals surface area contributed by atoms with Crippen molar-refractivity contribution in [2.75, 3.05) is 18.9 Å². The first-order chi connectivity index (χ1) is 10.2. The molecule has 0 aliphatic carbocycles. The summed E-state index contributed by atoms with van der Waals surface area (Å²) in [6.45, 7) is 3.79. The number of imidazole rings is 1. The molecule has 1 amide bonds. The standard InChI is InChI=1S/C14H20N6O/c1-11-16-8-10-20(11)9-4-3-7-17-13-6-5-12(18-19-13)14(21)15-2/h5-6,8,10H,3-4,7,9H2,1-2H3,(H,15,21)(H,17,19). The van der Waals surface area contributed by atoms with E-state index in [1.54, 1.807) is 19.2 Å². The summed E-state index contributed by atoms with van der Waals surface area (Å²) < 4.78 is 2.14. The third-order valence-corrected chi connectivity index (χ3v) is 3.18. The molecule has 0 atom stereocenters. The molecule has 0 saturated carbocycles. The van der Waals surface area contributed by atoms with Crippen LogP contribution in [0.15, 0.2) is 24.5 Å². The Morgan fingerprint density at radius 1 is 1.29 bits per heavy atom. The fourth-order valence-corrected chi connectivity index (χ4v) is 1.94. The van der Waals surface area contributed by atoms with Gasteiger partial charge < -0.3 is 15.2 Å². The van der Waals surface area contributed by atoms with Gasteiger partial charge in [0.25, 0.3) is 5.91 Å². The molecule has 0 saturated heterocycles. The highest BCUT2D eigenvalue weighted by atomic mass is 16.1. The number of carbonyl (C=O) groups excluding carboxylic acids is 1. The molecular formula is C14H20N6O. The molecule has 0 bridgehead atoms. The minimum Gasteiger partial charge on any atom is -0.369 e. The summed E-state index contributed by atoms with van der Waals surface area (Å²) in [5.41, 5.74) is 0.318. The first-order valence-electron chi connectivity index (χ1n) is 6.98. The number of carbonyl (C=O) groups is 1. The van der Waals surface area contributed by atoms with E-state index < -0.39 is 0 Å². The average molecular weight is 288 g/mol. The minimum atomic E-state index is -0.232. The number of nitrogens with zero attached hydrogens (tertiary/aromatic N) is 4. The number of aryl methyl sites for hydroxylation is 2. The van der Waals surface area contributed by atoms with Crippen LogP contribution >= 0.6 is 0 Å². The van der Waals surface area contributed by atoms with Gasteiger partial charge in [0, 0.05) is 32.5 Å². The van der Waals surface area contributed by atoms with Gasteiger partial charge in [-0.3, -0.25) is 4.79 Å². The van der Waals surface area contributed by atoms with Gasteiger partial charge in [0.15, 0.2) is 5.69 Å². The van der Waals surface area contributed by atoms with E-state index in [1.807, 2.05) is 19.3 Å². The Kier molecular flexibility index (Phi) is 5.25. The lowest BCUT2D eigenvalue weighted by Crippen LogP contribution is -2.19. The summed E-state index contributed by atoms with van der Waals surface area (Å²) in [6.07, 6.45) is 5.90. The first kappa shape index (κ1) is 15.0. The highest BCUT2D eigenvalue weighted by Gasteiger charge is 2.05. The molecule has 2 rings (SSSR count). The van der Waals surface area contributed by atoms with E-state index >= 15 is 0 Å². The predicted octanol–water partition coefficient (Wildman–Crippen LogP) is 1.23. The van der Waals surface area contributed by atoms with Crippen LogP contribution in [0.3, 0.4) is 0 Å². The lowest BCUT2D eigenvalue weighted by atomic mass is 10.3. The van der Waals surface area contributed by atoms with Crippen molar-refractivity contribution < 1.29 is 4.79 Å². The number of hydrogen-bond acceptors (Lipinski definition) is 5. The topological polar surface area (TPSA) is 84.7 Å². The number of anilines is 1. The van der Waals surface area contributed by atoms with E-state index in [4.69, 9.17) is 0 Å². The van der Waals surface area contributed by atoms with Gasteiger partial charge in [-0.25, -0.2) is 4.98 Å². The van der Waals surface area contributed by atoms with Crippen LogP contribution in [0.2, 0.25) is 0 Å². The summed E-state index contributed by atoms with van der Waals surface area (Å²) in [6, 6.07) is 3.42. The van der Waals surface area contributed by atoms with Gasteiger partial charge in [-0.2, -0.15) is 0 Å². The lowest BCUT2D eigenvalue weighted by Gasteiger charge is -2.07. The van der Waals surface area contributed by atoms with Gasteiger partial charge in [0.05, 0.1) is 0 Å². The summed E-state index contributed by atoms with van der Waals surface area (Å²) in [4.78, 5) is 15.5. The highest BCUT2D eigenvalue weighted by Crippen LogP contribution is 2.04. The zero-order chi connectivity index (χ0) is 15.1. The molecule has 21 heavy (non-hydrogen) atoms. The Labute approximate surface area is 123 Å². The van der Waals surface area contributed by atoms with Gasteiger partial charge in [0.2, 0.25) is 0 Å². The normalized spacial score (nSPS) is 10.4. The molecule has 7 heteroatoms. The summed E-state index contributed by atoms with van der Waals surface area (Å²) in [5.74, 6) is 1.49. The second kappa shape index (κ2) is 7.37. The van der Waals surface area contributed by atoms with E-state index in [9.17, 15) is 4.79 Å². The van der Waals surface area contributed by atoms with E-state index in [0.29, 0.717) is 11.5 Å². The zero-order valence-electron chi connectivity index (χ0n) is 12.3. The number of amides is 1. The van der Waals surface area contributed by atoms with Gasteiger partial charge in [-0.15, -0.1) is 10.2 Å². The molecule has 0 aromatic carbocycles. The van der Waals surface area contributed by atoms with E-state index in [1.165, 1.54) is 0 Å². The fourth-order valence-electron chi connectivity index (χ4n) is 1.94. The molecular weight excluding hydrogens is 268 g/mol. The Bertz CT molecular complexity index is 577. The quantitative estimate of drug-likeness (QED) is 0.749. The van der Waals surface area contributed by atoms with Crippen molar-refractivity contribution in [3.8, 4) is 0 Å². The maximum atomic E-state index is 11.3. The molecule has 112 valence electrons. The Morgan fingerprint density at radius 3 is 2.76 bits per heavy atom. The molecule has 0 aliphatic heterocycles. The molecule has 0 spiro atoms. The lowest BCUT2D eigenvalue weighted by molar-refractivity contribution is 0.0957. The Morgan fingerprint density at radius 2 is 2.14 bits per heavy atom. The second-order valence-electron chi connectivity index (χ2n) is 4.68. The largest absolute Gasteiger partial charge is 0.369 e. The number of nitrogens with one attached hydrogen (secondary N) is 2. The second-order valence-corrected chi connectivity index (χ2v) is 4.68. The Hall–Kier alpha value is -2.44. The van der Waals surface area contributed by atoms with Crippen LogP contribution in [-0.4, -0.2) is 39.2 Å². The molecule has 0 fully saturated rings. The SMILES string of the molecule is CNC(=O)c1ccc(NCCCCn2ccnc2C)nn1. The van der Waals surface area contributed by atoms with E-state index in [0.717, 1.165) is 31.8 Å². The third-order valence-electron chi connectivity index (χ3n) is 3.18. The van der Waals surface area contributed by atoms with E-state index in [2.05, 4.69) is 30.4 Å². The molecule has 0 unspecified atom stereocenters. The van der Waals surface area contributed by atoms with Crippen molar-refractivity contribution >= 4 is 11.7 Å². The first-order valence-corrected chi connectivity index (χ1v) is 6.98. The van der Waals surface area contributed by atoms with Crippen LogP contribution < -0.4 is 10.6 Å². The fraction of sp³-hybridized carbons (Fsp3) is 0.429. The highest BCUT2D eigenvalue weighted by molar-refractivity contribution is 5.91. The zero-order valence-corrected chi connectivity index (χ0v) is 12.3. The summed E-state index contributed by atoms with van der Waals surface area (Å²) in [5, 5.41) is 13.5. The number of hydrogen-bond donors (Lipinski definition) is 2. The van der Waals surface area contributed by atoms with Crippen molar-refractivity contribution in [1.29, 1.82) is 0 Å². The minimum absolute atomic E-state index is 0.232. The predicted molar refractivity (Wildman–Crippen MR) is 80.1 cm³/mol. The molecule has 2 aromatic rings. The molecule has 0 aliphatic rings. The Balaban J connectivity index is 1.69. The van der Waals surface area contributed by atoms with Crippen molar-refractivity contribution in [3.05, 3.63) is 36.0 Å². The van der Waals surface area contributed by atoms with Crippen LogP contribution in [0.5, 0.6) is 0 Å². The molecule has 2 aromatic heterocycles.